The molecule has 5 nitrogen and oxygen atoms in total. The van der Waals surface area contributed by atoms with Gasteiger partial charge in [-0.1, -0.05) is 46.3 Å². The van der Waals surface area contributed by atoms with Gasteiger partial charge < -0.3 is 10.1 Å². The first-order chi connectivity index (χ1) is 11.1. The van der Waals surface area contributed by atoms with Crippen LogP contribution in [0.5, 0.6) is 5.75 Å². The molecule has 0 spiro atoms. The zero-order chi connectivity index (χ0) is 16.7. The third-order valence-corrected chi connectivity index (χ3v) is 3.51. The molecule has 0 bridgehead atoms. The Bertz CT molecular complexity index is 659. The first-order valence-electron chi connectivity index (χ1n) is 7.16. The predicted molar refractivity (Wildman–Crippen MR) is 91.2 cm³/mol. The number of urea groups is 1. The van der Waals surface area contributed by atoms with E-state index in [2.05, 4.69) is 26.6 Å². The first kappa shape index (κ1) is 17.0. The molecule has 0 aliphatic heterocycles. The van der Waals surface area contributed by atoms with Crippen molar-refractivity contribution in [3.63, 3.8) is 0 Å². The van der Waals surface area contributed by atoms with Crippen molar-refractivity contribution in [2.45, 2.75) is 13.0 Å². The van der Waals surface area contributed by atoms with Crippen molar-refractivity contribution in [1.29, 1.82) is 0 Å². The lowest BCUT2D eigenvalue weighted by molar-refractivity contribution is -0.127. The summed E-state index contributed by atoms with van der Waals surface area (Å²) < 4.78 is 6.69. The van der Waals surface area contributed by atoms with E-state index in [0.717, 1.165) is 4.47 Å². The fourth-order valence-corrected chi connectivity index (χ4v) is 2.20. The van der Waals surface area contributed by atoms with Gasteiger partial charge in [-0.3, -0.25) is 10.1 Å². The molecule has 2 aromatic carbocycles. The van der Waals surface area contributed by atoms with E-state index < -0.39 is 18.0 Å². The zero-order valence-corrected chi connectivity index (χ0v) is 14.2. The monoisotopic (exact) mass is 376 g/mol. The van der Waals surface area contributed by atoms with E-state index in [1.807, 2.05) is 30.3 Å². The summed E-state index contributed by atoms with van der Waals surface area (Å²) in [5.41, 5.74) is 0.664. The van der Waals surface area contributed by atoms with Crippen molar-refractivity contribution in [2.75, 3.05) is 6.54 Å². The molecule has 0 unspecified atom stereocenters. The minimum Gasteiger partial charge on any atom is -0.476 e. The van der Waals surface area contributed by atoms with E-state index >= 15 is 0 Å². The molecule has 1 atom stereocenters. The van der Waals surface area contributed by atoms with Crippen LogP contribution in [0.1, 0.15) is 18.6 Å². The number of rotatable bonds is 5. The van der Waals surface area contributed by atoms with Crippen LogP contribution in [-0.4, -0.2) is 18.5 Å². The van der Waals surface area contributed by atoms with E-state index in [0.29, 0.717) is 17.9 Å². The summed E-state index contributed by atoms with van der Waals surface area (Å²) in [5, 5.41) is 4.81. The van der Waals surface area contributed by atoms with Gasteiger partial charge in [0.05, 0.1) is 0 Å². The smallest absolute Gasteiger partial charge is 0.321 e. The van der Waals surface area contributed by atoms with Gasteiger partial charge in [-0.05, 0) is 31.2 Å². The van der Waals surface area contributed by atoms with Crippen LogP contribution < -0.4 is 15.4 Å². The molecule has 2 aromatic rings. The van der Waals surface area contributed by atoms with Gasteiger partial charge >= 0.3 is 6.03 Å². The van der Waals surface area contributed by atoms with Crippen molar-refractivity contribution < 1.29 is 14.3 Å². The number of halogens is 1. The molecule has 0 saturated carbocycles. The molecule has 120 valence electrons. The molecule has 0 saturated heterocycles. The summed E-state index contributed by atoms with van der Waals surface area (Å²) in [6, 6.07) is 15.6. The van der Waals surface area contributed by atoms with Crippen LogP contribution in [0.25, 0.3) is 0 Å². The van der Waals surface area contributed by atoms with Crippen LogP contribution >= 0.6 is 15.9 Å². The van der Waals surface area contributed by atoms with Crippen molar-refractivity contribution in [3.8, 4) is 5.75 Å². The average Bonchev–Trinajstić information content (AvgIpc) is 2.55. The quantitative estimate of drug-likeness (QED) is 0.839. The van der Waals surface area contributed by atoms with Gasteiger partial charge in [-0.15, -0.1) is 0 Å². The molecule has 2 rings (SSSR count). The van der Waals surface area contributed by atoms with Crippen molar-refractivity contribution >= 4 is 27.9 Å². The Morgan fingerprint density at radius 1 is 1.09 bits per heavy atom. The van der Waals surface area contributed by atoms with Crippen LogP contribution in [0.4, 0.5) is 4.79 Å². The molecule has 23 heavy (non-hydrogen) atoms. The summed E-state index contributed by atoms with van der Waals surface area (Å²) in [5.74, 6) is 0.0122. The molecule has 3 amide bonds. The second-order valence-corrected chi connectivity index (χ2v) is 5.63. The predicted octanol–water partition coefficient (Wildman–Crippen LogP) is 3.41. The van der Waals surface area contributed by atoms with Crippen LogP contribution in [0, 0.1) is 0 Å². The van der Waals surface area contributed by atoms with Gasteiger partial charge in [-0.2, -0.15) is 0 Å². The highest BCUT2D eigenvalue weighted by atomic mass is 79.9. The molecular formula is C17H17BrN2O3. The molecule has 0 heterocycles. The second-order valence-electron chi connectivity index (χ2n) is 4.71. The lowest BCUT2D eigenvalue weighted by Crippen LogP contribution is -2.42. The van der Waals surface area contributed by atoms with Crippen molar-refractivity contribution in [2.24, 2.45) is 0 Å². The molecule has 0 radical (unpaired) electrons. The van der Waals surface area contributed by atoms with Crippen molar-refractivity contribution in [3.05, 3.63) is 64.6 Å². The molecular weight excluding hydrogens is 360 g/mol. The van der Waals surface area contributed by atoms with Gasteiger partial charge in [0.25, 0.3) is 5.91 Å². The number of nitrogens with one attached hydrogen (secondary N) is 2. The minimum atomic E-state index is -0.917. The third kappa shape index (κ3) is 5.10. The first-order valence-corrected chi connectivity index (χ1v) is 7.95. The fourth-order valence-electron chi connectivity index (χ4n) is 1.93. The number of imide groups is 1. The van der Waals surface area contributed by atoms with E-state index in [9.17, 15) is 9.59 Å². The minimum absolute atomic E-state index is 0.433. The van der Waals surface area contributed by atoms with E-state index in [-0.39, 0.29) is 0 Å². The normalized spacial score (nSPS) is 11.4. The number of benzene rings is 2. The van der Waals surface area contributed by atoms with Gasteiger partial charge in [0.15, 0.2) is 0 Å². The largest absolute Gasteiger partial charge is 0.476 e. The molecule has 0 aromatic heterocycles. The molecule has 0 aliphatic carbocycles. The van der Waals surface area contributed by atoms with Gasteiger partial charge in [0, 0.05) is 16.6 Å². The Morgan fingerprint density at radius 3 is 2.35 bits per heavy atom. The number of carbonyl (C=O) groups is 2. The van der Waals surface area contributed by atoms with Crippen molar-refractivity contribution in [1.82, 2.24) is 10.6 Å². The standard InChI is InChI=1S/C17H17BrN2O3/c1-2-19-17(22)20-16(21)15(12-6-4-3-5-7-12)23-14-10-8-13(18)9-11-14/h3-11,15H,2H2,1H3,(H2,19,20,21,22)/t15-/m0/s1. The maximum Gasteiger partial charge on any atom is 0.321 e. The van der Waals surface area contributed by atoms with E-state index in [4.69, 9.17) is 4.74 Å². The SMILES string of the molecule is CCNC(=O)NC(=O)[C@@H](Oc1ccc(Br)cc1)c1ccccc1. The maximum absolute atomic E-state index is 12.4. The highest BCUT2D eigenvalue weighted by molar-refractivity contribution is 9.10. The van der Waals surface area contributed by atoms with Gasteiger partial charge in [-0.25, -0.2) is 4.79 Å². The van der Waals surface area contributed by atoms with Gasteiger partial charge in [0.2, 0.25) is 6.10 Å². The molecule has 2 N–H and O–H groups in total. The molecule has 0 aliphatic rings. The number of carbonyl (C=O) groups excluding carboxylic acids is 2. The van der Waals surface area contributed by atoms with Crippen LogP contribution in [0.2, 0.25) is 0 Å². The number of amides is 3. The Kier molecular flexibility index (Phi) is 6.17. The fraction of sp³-hybridized carbons (Fsp3) is 0.176. The summed E-state index contributed by atoms with van der Waals surface area (Å²) >= 11 is 3.35. The summed E-state index contributed by atoms with van der Waals surface area (Å²) in [7, 11) is 0. The summed E-state index contributed by atoms with van der Waals surface area (Å²) in [6.07, 6.45) is -0.917. The van der Waals surface area contributed by atoms with E-state index in [1.165, 1.54) is 0 Å². The average molecular weight is 377 g/mol. The lowest BCUT2D eigenvalue weighted by atomic mass is 10.1. The topological polar surface area (TPSA) is 67.4 Å². The Labute approximate surface area is 143 Å². The van der Waals surface area contributed by atoms with Crippen LogP contribution in [0.3, 0.4) is 0 Å². The number of hydrogen-bond acceptors (Lipinski definition) is 3. The maximum atomic E-state index is 12.4. The highest BCUT2D eigenvalue weighted by Gasteiger charge is 2.24. The number of hydrogen-bond donors (Lipinski definition) is 2. The Hall–Kier alpha value is -2.34. The lowest BCUT2D eigenvalue weighted by Gasteiger charge is -2.19. The van der Waals surface area contributed by atoms with Crippen LogP contribution in [0.15, 0.2) is 59.1 Å². The Balaban J connectivity index is 2.20. The van der Waals surface area contributed by atoms with E-state index in [1.54, 1.807) is 31.2 Å². The molecule has 6 heteroatoms. The third-order valence-electron chi connectivity index (χ3n) is 2.98. The molecule has 0 fully saturated rings. The Morgan fingerprint density at radius 2 is 1.74 bits per heavy atom. The zero-order valence-electron chi connectivity index (χ0n) is 12.6. The van der Waals surface area contributed by atoms with Crippen LogP contribution in [-0.2, 0) is 4.79 Å². The second kappa shape index (κ2) is 8.33. The van der Waals surface area contributed by atoms with Gasteiger partial charge in [0.1, 0.15) is 5.75 Å². The number of ether oxygens (including phenoxy) is 1. The summed E-state index contributed by atoms with van der Waals surface area (Å²) in [6.45, 7) is 2.21. The highest BCUT2D eigenvalue weighted by Crippen LogP contribution is 2.24. The summed E-state index contributed by atoms with van der Waals surface area (Å²) in [4.78, 5) is 24.0.